The van der Waals surface area contributed by atoms with Crippen LogP contribution < -0.4 is 0 Å². The number of hydrogen-bond donors (Lipinski definition) is 0. The highest BCUT2D eigenvalue weighted by Gasteiger charge is 1.96. The number of nitrogens with zero attached hydrogens (tertiary/aromatic N) is 1. The van der Waals surface area contributed by atoms with E-state index in [2.05, 4.69) is 0 Å². The summed E-state index contributed by atoms with van der Waals surface area (Å²) in [4.78, 5) is 0. The van der Waals surface area contributed by atoms with Crippen molar-refractivity contribution in [1.29, 1.82) is 0 Å². The lowest BCUT2D eigenvalue weighted by Crippen LogP contribution is -1.76. The van der Waals surface area contributed by atoms with Gasteiger partial charge in [-0.2, -0.15) is 0 Å². The first-order chi connectivity index (χ1) is 4.74. The highest BCUT2D eigenvalue weighted by molar-refractivity contribution is 6.32. The summed E-state index contributed by atoms with van der Waals surface area (Å²) in [6.45, 7) is 1.98. The van der Waals surface area contributed by atoms with E-state index < -0.39 is 0 Å². The molecule has 0 aliphatic heterocycles. The van der Waals surface area contributed by atoms with Gasteiger partial charge in [0.05, 0.1) is 5.02 Å². The molecule has 1 rings (SSSR count). The van der Waals surface area contributed by atoms with Crippen LogP contribution in [0, 0.1) is 0 Å². The molecule has 1 heterocycles. The van der Waals surface area contributed by atoms with E-state index >= 15 is 0 Å². The van der Waals surface area contributed by atoms with Gasteiger partial charge in [-0.25, -0.2) is 0 Å². The van der Waals surface area contributed by atoms with E-state index in [1.807, 2.05) is 43.1 Å². The molecule has 10 heavy (non-hydrogen) atoms. The van der Waals surface area contributed by atoms with Crippen LogP contribution in [0.1, 0.15) is 12.5 Å². The van der Waals surface area contributed by atoms with Crippen LogP contribution in [0.3, 0.4) is 0 Å². The number of halogens is 1. The molecule has 0 amide bonds. The van der Waals surface area contributed by atoms with Gasteiger partial charge in [0.2, 0.25) is 0 Å². The highest BCUT2D eigenvalue weighted by Crippen LogP contribution is 2.17. The van der Waals surface area contributed by atoms with Gasteiger partial charge in [-0.05, 0) is 6.92 Å². The van der Waals surface area contributed by atoms with E-state index in [0.29, 0.717) is 0 Å². The topological polar surface area (TPSA) is 4.93 Å². The fourth-order valence-electron chi connectivity index (χ4n) is 0.874. The van der Waals surface area contributed by atoms with Crippen molar-refractivity contribution in [3.05, 3.63) is 29.1 Å². The van der Waals surface area contributed by atoms with E-state index in [9.17, 15) is 0 Å². The number of aromatic nitrogens is 1. The second kappa shape index (κ2) is 2.93. The van der Waals surface area contributed by atoms with Crippen LogP contribution in [0.4, 0.5) is 0 Å². The molecule has 0 saturated heterocycles. The molecule has 0 aliphatic rings. The second-order valence-corrected chi connectivity index (χ2v) is 2.63. The van der Waals surface area contributed by atoms with Crippen molar-refractivity contribution in [2.45, 2.75) is 6.92 Å². The highest BCUT2D eigenvalue weighted by atomic mass is 35.5. The molecule has 0 unspecified atom stereocenters. The average Bonchev–Trinajstić information content (AvgIpc) is 2.13. The van der Waals surface area contributed by atoms with Crippen LogP contribution in [0.15, 0.2) is 18.5 Å². The molecule has 0 N–H and O–H groups in total. The Balaban J connectivity index is 3.03. The lowest BCUT2D eigenvalue weighted by molar-refractivity contribution is 0.927. The van der Waals surface area contributed by atoms with Crippen LogP contribution in [0.25, 0.3) is 6.08 Å². The predicted octanol–water partition coefficient (Wildman–Crippen LogP) is 2.71. The standard InChI is InChI=1S/C8H10ClN/c1-3-4-7-5-10(2)6-8(7)9/h3-6H,1-2H3/b4-3+. The zero-order valence-corrected chi connectivity index (χ0v) is 6.89. The molecule has 0 aromatic carbocycles. The minimum absolute atomic E-state index is 0.806. The van der Waals surface area contributed by atoms with Crippen LogP contribution in [-0.2, 0) is 7.05 Å². The zero-order chi connectivity index (χ0) is 7.56. The first-order valence-electron chi connectivity index (χ1n) is 3.18. The van der Waals surface area contributed by atoms with E-state index in [1.54, 1.807) is 0 Å². The molecule has 2 heteroatoms. The summed E-state index contributed by atoms with van der Waals surface area (Å²) < 4.78 is 1.94. The molecular formula is C8H10ClN. The summed E-state index contributed by atoms with van der Waals surface area (Å²) in [6, 6.07) is 0. The smallest absolute Gasteiger partial charge is 0.0654 e. The summed E-state index contributed by atoms with van der Waals surface area (Å²) in [7, 11) is 1.96. The van der Waals surface area contributed by atoms with Gasteiger partial charge < -0.3 is 4.57 Å². The van der Waals surface area contributed by atoms with Crippen LogP contribution >= 0.6 is 11.6 Å². The van der Waals surface area contributed by atoms with Gasteiger partial charge in [0.25, 0.3) is 0 Å². The number of hydrogen-bond acceptors (Lipinski definition) is 0. The fraction of sp³-hybridized carbons (Fsp3) is 0.250. The Kier molecular flexibility index (Phi) is 2.17. The Morgan fingerprint density at radius 3 is 2.60 bits per heavy atom. The summed E-state index contributed by atoms with van der Waals surface area (Å²) in [6.07, 6.45) is 7.84. The normalized spacial score (nSPS) is 11.1. The lowest BCUT2D eigenvalue weighted by Gasteiger charge is -1.83. The van der Waals surface area contributed by atoms with Crippen LogP contribution in [-0.4, -0.2) is 4.57 Å². The molecule has 0 bridgehead atoms. The van der Waals surface area contributed by atoms with Gasteiger partial charge in [0.1, 0.15) is 0 Å². The summed E-state index contributed by atoms with van der Waals surface area (Å²) >= 11 is 5.85. The third kappa shape index (κ3) is 1.42. The van der Waals surface area contributed by atoms with Gasteiger partial charge in [0.15, 0.2) is 0 Å². The van der Waals surface area contributed by atoms with Gasteiger partial charge in [-0.1, -0.05) is 23.8 Å². The van der Waals surface area contributed by atoms with Crippen molar-refractivity contribution in [3.63, 3.8) is 0 Å². The molecular weight excluding hydrogens is 146 g/mol. The Hall–Kier alpha value is -0.690. The van der Waals surface area contributed by atoms with Gasteiger partial charge in [-0.15, -0.1) is 0 Å². The van der Waals surface area contributed by atoms with Crippen molar-refractivity contribution in [2.24, 2.45) is 7.05 Å². The predicted molar refractivity (Wildman–Crippen MR) is 45.1 cm³/mol. The van der Waals surface area contributed by atoms with Crippen molar-refractivity contribution in [3.8, 4) is 0 Å². The maximum atomic E-state index is 5.85. The molecule has 0 saturated carbocycles. The molecule has 0 aliphatic carbocycles. The summed E-state index contributed by atoms with van der Waals surface area (Å²) in [5, 5.41) is 0.806. The molecule has 0 fully saturated rings. The number of allylic oxidation sites excluding steroid dienone is 1. The molecule has 1 nitrogen and oxygen atoms in total. The maximum Gasteiger partial charge on any atom is 0.0654 e. The maximum absolute atomic E-state index is 5.85. The molecule has 54 valence electrons. The number of rotatable bonds is 1. The molecule has 1 aromatic rings. The van der Waals surface area contributed by atoms with Crippen LogP contribution in [0.2, 0.25) is 5.02 Å². The zero-order valence-electron chi connectivity index (χ0n) is 6.13. The number of aryl methyl sites for hydroxylation is 1. The van der Waals surface area contributed by atoms with Crippen molar-refractivity contribution >= 4 is 17.7 Å². The lowest BCUT2D eigenvalue weighted by atomic mass is 10.3. The molecule has 1 aromatic heterocycles. The van der Waals surface area contributed by atoms with Gasteiger partial charge in [0, 0.05) is 25.0 Å². The second-order valence-electron chi connectivity index (χ2n) is 2.23. The summed E-state index contributed by atoms with van der Waals surface area (Å²) in [5.74, 6) is 0. The van der Waals surface area contributed by atoms with Crippen LogP contribution in [0.5, 0.6) is 0 Å². The fourth-order valence-corrected chi connectivity index (χ4v) is 1.14. The third-order valence-electron chi connectivity index (χ3n) is 1.28. The minimum atomic E-state index is 0.806. The Bertz CT molecular complexity index is 248. The Morgan fingerprint density at radius 2 is 2.20 bits per heavy atom. The Labute approximate surface area is 65.9 Å². The monoisotopic (exact) mass is 155 g/mol. The first kappa shape index (κ1) is 7.42. The summed E-state index contributed by atoms with van der Waals surface area (Å²) in [5.41, 5.74) is 1.08. The van der Waals surface area contributed by atoms with Crippen molar-refractivity contribution < 1.29 is 0 Å². The molecule has 0 atom stereocenters. The van der Waals surface area contributed by atoms with Gasteiger partial charge in [-0.3, -0.25) is 0 Å². The van der Waals surface area contributed by atoms with E-state index in [-0.39, 0.29) is 0 Å². The van der Waals surface area contributed by atoms with Crippen molar-refractivity contribution in [1.82, 2.24) is 4.57 Å². The van der Waals surface area contributed by atoms with Crippen molar-refractivity contribution in [2.75, 3.05) is 0 Å². The average molecular weight is 156 g/mol. The van der Waals surface area contributed by atoms with E-state index in [4.69, 9.17) is 11.6 Å². The third-order valence-corrected chi connectivity index (χ3v) is 1.60. The molecule has 0 radical (unpaired) electrons. The molecule has 0 spiro atoms. The minimum Gasteiger partial charge on any atom is -0.355 e. The van der Waals surface area contributed by atoms with E-state index in [0.717, 1.165) is 10.6 Å². The Morgan fingerprint density at radius 1 is 1.50 bits per heavy atom. The largest absolute Gasteiger partial charge is 0.355 e. The quantitative estimate of drug-likeness (QED) is 0.588. The first-order valence-corrected chi connectivity index (χ1v) is 3.56. The van der Waals surface area contributed by atoms with Gasteiger partial charge >= 0.3 is 0 Å². The van der Waals surface area contributed by atoms with E-state index in [1.165, 1.54) is 0 Å². The SMILES string of the molecule is C/C=C/c1cn(C)cc1Cl.